The lowest BCUT2D eigenvalue weighted by Gasteiger charge is -2.23. The molecule has 0 atom stereocenters. The second-order valence-electron chi connectivity index (χ2n) is 3.22. The minimum Gasteiger partial charge on any atom is -0.530 e. The molecule has 1 aromatic rings. The Morgan fingerprint density at radius 1 is 1.40 bits per heavy atom. The van der Waals surface area contributed by atoms with E-state index >= 15 is 0 Å². The van der Waals surface area contributed by atoms with Crippen molar-refractivity contribution in [1.29, 1.82) is 0 Å². The smallest absolute Gasteiger partial charge is 0.136 e. The van der Waals surface area contributed by atoms with E-state index in [4.69, 9.17) is 11.6 Å². The zero-order valence-electron chi connectivity index (χ0n) is 8.57. The molecule has 0 N–H and O–H groups in total. The minimum absolute atomic E-state index is 0.454. The van der Waals surface area contributed by atoms with Gasteiger partial charge in [-0.05, 0) is 31.0 Å². The Balaban J connectivity index is 2.49. The van der Waals surface area contributed by atoms with Crippen molar-refractivity contribution in [1.82, 2.24) is 4.90 Å². The van der Waals surface area contributed by atoms with E-state index in [1.165, 1.54) is 4.90 Å². The first-order chi connectivity index (χ1) is 7.13. The van der Waals surface area contributed by atoms with E-state index in [-0.39, 0.29) is 0 Å². The number of amides is 1. The van der Waals surface area contributed by atoms with Crippen molar-refractivity contribution in [3.05, 3.63) is 34.9 Å². The number of likely N-dealkylation sites (N-methyl/N-ethyl adjacent to an activating group) is 1. The van der Waals surface area contributed by atoms with Crippen molar-refractivity contribution in [2.24, 2.45) is 0 Å². The van der Waals surface area contributed by atoms with Gasteiger partial charge in [0.25, 0.3) is 0 Å². The summed E-state index contributed by atoms with van der Waals surface area (Å²) in [7, 11) is 0. The maximum atomic E-state index is 10.6. The van der Waals surface area contributed by atoms with Crippen LogP contribution in [0.4, 0.5) is 4.79 Å². The van der Waals surface area contributed by atoms with Crippen LogP contribution in [-0.4, -0.2) is 24.1 Å². The summed E-state index contributed by atoms with van der Waals surface area (Å²) in [5, 5.41) is 11.3. The molecule has 0 bridgehead atoms. The summed E-state index contributed by atoms with van der Waals surface area (Å²) in [6.07, 6.45) is -0.439. The SMILES string of the molecule is CCN(CCc1ccc(Cl)cc1)C(=O)[O-]. The van der Waals surface area contributed by atoms with Gasteiger partial charge in [0, 0.05) is 18.1 Å². The highest BCUT2D eigenvalue weighted by molar-refractivity contribution is 6.30. The minimum atomic E-state index is -1.12. The van der Waals surface area contributed by atoms with Gasteiger partial charge in [0.1, 0.15) is 6.09 Å². The topological polar surface area (TPSA) is 43.4 Å². The highest BCUT2D eigenvalue weighted by Gasteiger charge is 2.01. The predicted molar refractivity (Wildman–Crippen MR) is 57.8 cm³/mol. The number of carbonyl (C=O) groups is 1. The van der Waals surface area contributed by atoms with Crippen LogP contribution in [0.3, 0.4) is 0 Å². The number of hydrogen-bond acceptors (Lipinski definition) is 2. The van der Waals surface area contributed by atoms with E-state index in [2.05, 4.69) is 0 Å². The van der Waals surface area contributed by atoms with E-state index < -0.39 is 6.09 Å². The summed E-state index contributed by atoms with van der Waals surface area (Å²) in [6.45, 7) is 2.70. The van der Waals surface area contributed by atoms with Gasteiger partial charge in [-0.3, -0.25) is 0 Å². The van der Waals surface area contributed by atoms with Crippen LogP contribution in [0.5, 0.6) is 0 Å². The third kappa shape index (κ3) is 3.80. The van der Waals surface area contributed by atoms with Crippen molar-refractivity contribution < 1.29 is 9.90 Å². The Morgan fingerprint density at radius 2 is 2.00 bits per heavy atom. The number of nitrogens with zero attached hydrogens (tertiary/aromatic N) is 1. The molecule has 4 heteroatoms. The largest absolute Gasteiger partial charge is 0.530 e. The Kier molecular flexibility index (Phi) is 4.43. The molecule has 0 saturated carbocycles. The van der Waals surface area contributed by atoms with Gasteiger partial charge in [0.15, 0.2) is 0 Å². The summed E-state index contributed by atoms with van der Waals surface area (Å²) in [5.41, 5.74) is 1.07. The lowest BCUT2D eigenvalue weighted by atomic mass is 10.1. The highest BCUT2D eigenvalue weighted by atomic mass is 35.5. The Hall–Kier alpha value is -1.22. The maximum absolute atomic E-state index is 10.6. The molecule has 3 nitrogen and oxygen atoms in total. The predicted octanol–water partition coefficient (Wildman–Crippen LogP) is 1.55. The van der Waals surface area contributed by atoms with Crippen LogP contribution >= 0.6 is 11.6 Å². The molecule has 1 amide bonds. The molecule has 15 heavy (non-hydrogen) atoms. The summed E-state index contributed by atoms with van der Waals surface area (Å²) in [6, 6.07) is 7.38. The second-order valence-corrected chi connectivity index (χ2v) is 3.66. The van der Waals surface area contributed by atoms with E-state index in [0.29, 0.717) is 24.5 Å². The number of halogens is 1. The molecule has 1 aromatic carbocycles. The Bertz CT molecular complexity index is 324. The number of rotatable bonds is 4. The summed E-state index contributed by atoms with van der Waals surface area (Å²) in [4.78, 5) is 11.9. The van der Waals surface area contributed by atoms with Crippen LogP contribution < -0.4 is 5.11 Å². The molecule has 1 rings (SSSR count). The average Bonchev–Trinajstić information content (AvgIpc) is 2.21. The van der Waals surface area contributed by atoms with Gasteiger partial charge in [0.2, 0.25) is 0 Å². The molecule has 0 fully saturated rings. The number of carboxylic acid groups (broad SMARTS) is 1. The molecule has 0 heterocycles. The number of carbonyl (C=O) groups excluding carboxylic acids is 1. The third-order valence-electron chi connectivity index (χ3n) is 2.22. The molecule has 0 saturated heterocycles. The van der Waals surface area contributed by atoms with Gasteiger partial charge in [-0.2, -0.15) is 0 Å². The standard InChI is InChI=1S/C11H14ClNO2/c1-2-13(11(14)15)8-7-9-3-5-10(12)6-4-9/h3-6H,2,7-8H2,1H3,(H,14,15)/p-1. The summed E-state index contributed by atoms with van der Waals surface area (Å²) < 4.78 is 0. The van der Waals surface area contributed by atoms with Gasteiger partial charge < -0.3 is 14.8 Å². The lowest BCUT2D eigenvalue weighted by Crippen LogP contribution is -2.42. The van der Waals surface area contributed by atoms with Crippen LogP contribution in [0.25, 0.3) is 0 Å². The fraction of sp³-hybridized carbons (Fsp3) is 0.364. The van der Waals surface area contributed by atoms with Gasteiger partial charge in [-0.25, -0.2) is 0 Å². The van der Waals surface area contributed by atoms with Crippen molar-refractivity contribution in [3.8, 4) is 0 Å². The normalized spacial score (nSPS) is 10.0. The Morgan fingerprint density at radius 3 is 2.47 bits per heavy atom. The number of benzene rings is 1. The fourth-order valence-electron chi connectivity index (χ4n) is 1.29. The van der Waals surface area contributed by atoms with Crippen LogP contribution in [0, 0.1) is 0 Å². The van der Waals surface area contributed by atoms with Crippen LogP contribution in [-0.2, 0) is 6.42 Å². The van der Waals surface area contributed by atoms with Crippen molar-refractivity contribution in [2.75, 3.05) is 13.1 Å². The highest BCUT2D eigenvalue weighted by Crippen LogP contribution is 2.10. The van der Waals surface area contributed by atoms with Crippen molar-refractivity contribution in [2.45, 2.75) is 13.3 Å². The van der Waals surface area contributed by atoms with Crippen molar-refractivity contribution in [3.63, 3.8) is 0 Å². The molecular formula is C11H13ClNO2-. The average molecular weight is 227 g/mol. The molecule has 82 valence electrons. The molecule has 0 unspecified atom stereocenters. The summed E-state index contributed by atoms with van der Waals surface area (Å²) in [5.74, 6) is 0. The van der Waals surface area contributed by atoms with Crippen LogP contribution in [0.15, 0.2) is 24.3 Å². The first-order valence-electron chi connectivity index (χ1n) is 4.84. The van der Waals surface area contributed by atoms with E-state index in [1.807, 2.05) is 12.1 Å². The molecule has 0 aliphatic heterocycles. The lowest BCUT2D eigenvalue weighted by molar-refractivity contribution is -0.265. The van der Waals surface area contributed by atoms with Crippen LogP contribution in [0.2, 0.25) is 5.02 Å². The zero-order valence-corrected chi connectivity index (χ0v) is 9.33. The number of hydrogen-bond donors (Lipinski definition) is 0. The molecule has 0 aliphatic rings. The van der Waals surface area contributed by atoms with Crippen LogP contribution in [0.1, 0.15) is 12.5 Å². The zero-order chi connectivity index (χ0) is 11.3. The third-order valence-corrected chi connectivity index (χ3v) is 2.48. The summed E-state index contributed by atoms with van der Waals surface area (Å²) >= 11 is 5.74. The maximum Gasteiger partial charge on any atom is 0.136 e. The molecule has 0 spiro atoms. The first kappa shape index (κ1) is 11.9. The van der Waals surface area contributed by atoms with E-state index in [9.17, 15) is 9.90 Å². The van der Waals surface area contributed by atoms with Gasteiger partial charge in [-0.15, -0.1) is 0 Å². The van der Waals surface area contributed by atoms with Crippen molar-refractivity contribution >= 4 is 17.7 Å². The quantitative estimate of drug-likeness (QED) is 0.782. The fourth-order valence-corrected chi connectivity index (χ4v) is 1.42. The monoisotopic (exact) mass is 226 g/mol. The first-order valence-corrected chi connectivity index (χ1v) is 5.21. The van der Waals surface area contributed by atoms with Gasteiger partial charge in [-0.1, -0.05) is 23.7 Å². The Labute approximate surface area is 94.3 Å². The molecule has 0 radical (unpaired) electrons. The van der Waals surface area contributed by atoms with Gasteiger partial charge >= 0.3 is 0 Å². The van der Waals surface area contributed by atoms with Gasteiger partial charge in [0.05, 0.1) is 0 Å². The van der Waals surface area contributed by atoms with E-state index in [1.54, 1.807) is 19.1 Å². The second kappa shape index (κ2) is 5.61. The molecular weight excluding hydrogens is 214 g/mol. The molecule has 0 aromatic heterocycles. The van der Waals surface area contributed by atoms with E-state index in [0.717, 1.165) is 5.56 Å². The molecule has 0 aliphatic carbocycles.